The number of rotatable bonds is 8. The van der Waals surface area contributed by atoms with Crippen LogP contribution in [0.15, 0.2) is 33.7 Å². The molecule has 0 aliphatic carbocycles. The Morgan fingerprint density at radius 2 is 2.21 bits per heavy atom. The molecule has 3 rings (SSSR count). The summed E-state index contributed by atoms with van der Waals surface area (Å²) in [4.78, 5) is 7.07. The minimum absolute atomic E-state index is 0. The van der Waals surface area contributed by atoms with E-state index in [9.17, 15) is 0 Å². The maximum atomic E-state index is 5.70. The number of nitrogens with one attached hydrogen (secondary N) is 2. The Hall–Kier alpha value is -0.580. The van der Waals surface area contributed by atoms with E-state index in [1.807, 2.05) is 0 Å². The molecule has 8 heteroatoms. The van der Waals surface area contributed by atoms with E-state index in [1.54, 1.807) is 0 Å². The number of aliphatic imine (C=N–C) groups is 1. The molecule has 158 valence electrons. The molecule has 2 heterocycles. The van der Waals surface area contributed by atoms with Crippen molar-refractivity contribution in [1.82, 2.24) is 10.6 Å². The van der Waals surface area contributed by atoms with Gasteiger partial charge in [-0.25, -0.2) is 0 Å². The molecule has 2 atom stereocenters. The van der Waals surface area contributed by atoms with Gasteiger partial charge in [0, 0.05) is 36.8 Å². The highest BCUT2D eigenvalue weighted by Gasteiger charge is 2.24. The van der Waals surface area contributed by atoms with Gasteiger partial charge in [0.25, 0.3) is 0 Å². The molecule has 0 amide bonds. The number of hydrogen-bond acceptors (Lipinski definition) is 4. The fourth-order valence-electron chi connectivity index (χ4n) is 3.53. The average Bonchev–Trinajstić information content (AvgIpc) is 3.34. The maximum Gasteiger partial charge on any atom is 0.191 e. The third-order valence-corrected chi connectivity index (χ3v) is 5.57. The van der Waals surface area contributed by atoms with Crippen LogP contribution in [0.1, 0.15) is 26.2 Å². The van der Waals surface area contributed by atoms with Gasteiger partial charge in [0.15, 0.2) is 5.96 Å². The first kappa shape index (κ1) is 23.7. The van der Waals surface area contributed by atoms with Crippen LogP contribution in [0.4, 0.5) is 5.69 Å². The second-order valence-electron chi connectivity index (χ2n) is 7.00. The van der Waals surface area contributed by atoms with Gasteiger partial charge in [-0.15, -0.1) is 24.0 Å². The van der Waals surface area contributed by atoms with Crippen molar-refractivity contribution >= 4 is 51.6 Å². The zero-order valence-corrected chi connectivity index (χ0v) is 20.4. The number of benzene rings is 1. The Labute approximate surface area is 194 Å². The summed E-state index contributed by atoms with van der Waals surface area (Å²) in [5.74, 6) is 0.872. The molecule has 2 unspecified atom stereocenters. The van der Waals surface area contributed by atoms with Crippen molar-refractivity contribution in [2.45, 2.75) is 38.3 Å². The molecule has 1 aromatic carbocycles. The fourth-order valence-corrected chi connectivity index (χ4v) is 4.07. The van der Waals surface area contributed by atoms with E-state index in [4.69, 9.17) is 9.47 Å². The van der Waals surface area contributed by atoms with E-state index >= 15 is 0 Å². The van der Waals surface area contributed by atoms with Gasteiger partial charge in [0.1, 0.15) is 0 Å². The highest BCUT2D eigenvalue weighted by Crippen LogP contribution is 2.28. The molecule has 0 aromatic heterocycles. The molecule has 2 N–H and O–H groups in total. The minimum atomic E-state index is 0. The zero-order valence-electron chi connectivity index (χ0n) is 16.5. The third kappa shape index (κ3) is 7.35. The van der Waals surface area contributed by atoms with Gasteiger partial charge in [0.05, 0.1) is 31.5 Å². The van der Waals surface area contributed by atoms with E-state index in [0.717, 1.165) is 55.9 Å². The summed E-state index contributed by atoms with van der Waals surface area (Å²) >= 11 is 3.65. The summed E-state index contributed by atoms with van der Waals surface area (Å²) in [6.07, 6.45) is 3.64. The predicted octanol–water partition coefficient (Wildman–Crippen LogP) is 3.40. The lowest BCUT2D eigenvalue weighted by molar-refractivity contribution is 0.0200. The standard InChI is InChI=1S/C20H31BrN4O2.HI/c1-2-22-20(23-10-13-26-15-17-6-5-12-27-17)24-16-9-11-25(14-16)19-8-4-3-7-18(19)21;/h3-4,7-8,16-17H,2,5-6,9-15H2,1H3,(H2,22,23,24);1H. The first-order valence-electron chi connectivity index (χ1n) is 10.00. The number of nitrogens with zero attached hydrogens (tertiary/aromatic N) is 2. The molecule has 2 aliphatic rings. The van der Waals surface area contributed by atoms with Crippen LogP contribution in [0.5, 0.6) is 0 Å². The van der Waals surface area contributed by atoms with Crippen LogP contribution in [-0.2, 0) is 9.47 Å². The lowest BCUT2D eigenvalue weighted by atomic mass is 10.2. The van der Waals surface area contributed by atoms with Gasteiger partial charge in [-0.3, -0.25) is 4.99 Å². The normalized spacial score (nSPS) is 22.2. The Balaban J connectivity index is 0.00000280. The molecule has 28 heavy (non-hydrogen) atoms. The van der Waals surface area contributed by atoms with E-state index in [0.29, 0.717) is 25.8 Å². The highest BCUT2D eigenvalue weighted by atomic mass is 127. The number of ether oxygens (including phenoxy) is 2. The van der Waals surface area contributed by atoms with E-state index in [2.05, 4.69) is 67.6 Å². The third-order valence-electron chi connectivity index (χ3n) is 4.90. The van der Waals surface area contributed by atoms with Gasteiger partial charge in [-0.1, -0.05) is 12.1 Å². The number of halogens is 2. The minimum Gasteiger partial charge on any atom is -0.377 e. The molecule has 0 saturated carbocycles. The van der Waals surface area contributed by atoms with E-state index in [1.165, 1.54) is 5.69 Å². The Morgan fingerprint density at radius 3 is 2.96 bits per heavy atom. The van der Waals surface area contributed by atoms with Gasteiger partial charge < -0.3 is 25.0 Å². The molecule has 6 nitrogen and oxygen atoms in total. The van der Waals surface area contributed by atoms with Gasteiger partial charge >= 0.3 is 0 Å². The monoisotopic (exact) mass is 566 g/mol. The largest absolute Gasteiger partial charge is 0.377 e. The summed E-state index contributed by atoms with van der Waals surface area (Å²) in [7, 11) is 0. The molecule has 1 aromatic rings. The van der Waals surface area contributed by atoms with Crippen molar-refractivity contribution in [1.29, 1.82) is 0 Å². The summed E-state index contributed by atoms with van der Waals surface area (Å²) in [6, 6.07) is 8.79. The first-order valence-corrected chi connectivity index (χ1v) is 10.8. The molecule has 0 spiro atoms. The SMILES string of the molecule is CCNC(=NCCOCC1CCCO1)NC1CCN(c2ccccc2Br)C1.I. The molecule has 0 radical (unpaired) electrons. The lowest BCUT2D eigenvalue weighted by Crippen LogP contribution is -2.44. The maximum absolute atomic E-state index is 5.70. The van der Waals surface area contributed by atoms with Crippen molar-refractivity contribution in [3.8, 4) is 0 Å². The van der Waals surface area contributed by atoms with E-state index in [-0.39, 0.29) is 30.1 Å². The smallest absolute Gasteiger partial charge is 0.191 e. The molecule has 2 fully saturated rings. The fraction of sp³-hybridized carbons (Fsp3) is 0.650. The average molecular weight is 567 g/mol. The summed E-state index contributed by atoms with van der Waals surface area (Å²) in [6.45, 7) is 7.80. The van der Waals surface area contributed by atoms with E-state index < -0.39 is 0 Å². The van der Waals surface area contributed by atoms with Crippen LogP contribution < -0.4 is 15.5 Å². The molecule has 0 bridgehead atoms. The first-order chi connectivity index (χ1) is 13.3. The van der Waals surface area contributed by atoms with Gasteiger partial charge in [-0.2, -0.15) is 0 Å². The highest BCUT2D eigenvalue weighted by molar-refractivity contribution is 14.0. The van der Waals surface area contributed by atoms with Crippen LogP contribution >= 0.6 is 39.9 Å². The summed E-state index contributed by atoms with van der Waals surface area (Å²) in [5, 5.41) is 6.91. The second kappa shape index (κ2) is 12.9. The van der Waals surface area contributed by atoms with Crippen molar-refractivity contribution in [3.05, 3.63) is 28.7 Å². The molecular weight excluding hydrogens is 535 g/mol. The summed E-state index contributed by atoms with van der Waals surface area (Å²) < 4.78 is 12.4. The van der Waals surface area contributed by atoms with Crippen molar-refractivity contribution in [3.63, 3.8) is 0 Å². The number of hydrogen-bond donors (Lipinski definition) is 2. The Bertz CT molecular complexity index is 614. The number of para-hydroxylation sites is 1. The molecule has 2 saturated heterocycles. The molecular formula is C20H32BrIN4O2. The van der Waals surface area contributed by atoms with Gasteiger partial charge in [-0.05, 0) is 54.2 Å². The van der Waals surface area contributed by atoms with Crippen molar-refractivity contribution < 1.29 is 9.47 Å². The zero-order chi connectivity index (χ0) is 18.9. The number of guanidine groups is 1. The van der Waals surface area contributed by atoms with Crippen LogP contribution in [0, 0.1) is 0 Å². The Kier molecular flexibility index (Phi) is 10.9. The lowest BCUT2D eigenvalue weighted by Gasteiger charge is -2.21. The van der Waals surface area contributed by atoms with Crippen LogP contribution in [0.25, 0.3) is 0 Å². The molecule has 2 aliphatic heterocycles. The van der Waals surface area contributed by atoms with Crippen LogP contribution in [0.3, 0.4) is 0 Å². The predicted molar refractivity (Wildman–Crippen MR) is 129 cm³/mol. The Morgan fingerprint density at radius 1 is 1.36 bits per heavy atom. The number of anilines is 1. The van der Waals surface area contributed by atoms with Crippen LogP contribution in [0.2, 0.25) is 0 Å². The van der Waals surface area contributed by atoms with Gasteiger partial charge in [0.2, 0.25) is 0 Å². The van der Waals surface area contributed by atoms with Crippen molar-refractivity contribution in [2.24, 2.45) is 4.99 Å². The second-order valence-corrected chi connectivity index (χ2v) is 7.85. The van der Waals surface area contributed by atoms with Crippen molar-refractivity contribution in [2.75, 3.05) is 50.9 Å². The van der Waals surface area contributed by atoms with Crippen LogP contribution in [-0.4, -0.2) is 64.1 Å². The quantitative estimate of drug-likeness (QED) is 0.219. The summed E-state index contributed by atoms with van der Waals surface area (Å²) in [5.41, 5.74) is 1.26. The topological polar surface area (TPSA) is 58.1 Å².